The van der Waals surface area contributed by atoms with E-state index in [4.69, 9.17) is 0 Å². The van der Waals surface area contributed by atoms with Gasteiger partial charge < -0.3 is 5.32 Å². The van der Waals surface area contributed by atoms with Crippen molar-refractivity contribution in [2.45, 2.75) is 38.5 Å². The van der Waals surface area contributed by atoms with E-state index in [0.717, 1.165) is 24.4 Å². The van der Waals surface area contributed by atoms with Gasteiger partial charge in [-0.1, -0.05) is 37.5 Å². The van der Waals surface area contributed by atoms with E-state index in [1.54, 1.807) is 22.7 Å². The van der Waals surface area contributed by atoms with Gasteiger partial charge in [0.05, 0.1) is 0 Å². The summed E-state index contributed by atoms with van der Waals surface area (Å²) in [4.78, 5) is 17.9. The number of carbonyl (C=O) groups is 1. The lowest BCUT2D eigenvalue weighted by atomic mass is 9.89. The fraction of sp³-hybridized carbons (Fsp3) is 0.368. The highest BCUT2D eigenvalue weighted by Crippen LogP contribution is 2.30. The number of amides is 1. The monoisotopic (exact) mass is 356 g/mol. The maximum Gasteiger partial charge on any atom is 0.229 e. The van der Waals surface area contributed by atoms with E-state index in [1.165, 1.54) is 39.8 Å². The molecular weight excluding hydrogens is 336 g/mol. The van der Waals surface area contributed by atoms with Crippen molar-refractivity contribution >= 4 is 43.8 Å². The van der Waals surface area contributed by atoms with Crippen LogP contribution >= 0.6 is 22.7 Å². The lowest BCUT2D eigenvalue weighted by Gasteiger charge is -2.19. The Kier molecular flexibility index (Phi) is 4.63. The van der Waals surface area contributed by atoms with Crippen LogP contribution in [0.3, 0.4) is 0 Å². The number of anilines is 1. The third kappa shape index (κ3) is 3.37. The summed E-state index contributed by atoms with van der Waals surface area (Å²) < 4.78 is 1.35. The second kappa shape index (κ2) is 7.03. The Hall–Kier alpha value is -1.72. The van der Waals surface area contributed by atoms with Crippen LogP contribution in [0.4, 0.5) is 5.13 Å². The number of hydrogen-bond donors (Lipinski definition) is 1. The molecule has 5 heteroatoms. The summed E-state index contributed by atoms with van der Waals surface area (Å²) in [6.45, 7) is 0. The molecule has 0 aliphatic heterocycles. The second-order valence-corrected chi connectivity index (χ2v) is 8.42. The Morgan fingerprint density at radius 3 is 2.96 bits per heavy atom. The maximum atomic E-state index is 12.3. The van der Waals surface area contributed by atoms with Gasteiger partial charge in [0.25, 0.3) is 0 Å². The third-order valence-electron chi connectivity index (χ3n) is 4.68. The molecule has 3 nitrogen and oxygen atoms in total. The van der Waals surface area contributed by atoms with Gasteiger partial charge in [-0.3, -0.25) is 4.79 Å². The highest BCUT2D eigenvalue weighted by Gasteiger charge is 2.21. The van der Waals surface area contributed by atoms with Gasteiger partial charge >= 0.3 is 0 Å². The van der Waals surface area contributed by atoms with Gasteiger partial charge in [0, 0.05) is 28.1 Å². The SMILES string of the molecule is O=C(Nc1ncc(Cc2cccc3ccsc23)s1)C1CCCCC1. The summed E-state index contributed by atoms with van der Waals surface area (Å²) in [6.07, 6.45) is 8.41. The molecule has 0 saturated heterocycles. The molecule has 24 heavy (non-hydrogen) atoms. The van der Waals surface area contributed by atoms with Crippen molar-refractivity contribution in [2.75, 3.05) is 5.32 Å². The Morgan fingerprint density at radius 2 is 2.08 bits per heavy atom. The zero-order valence-corrected chi connectivity index (χ0v) is 15.1. The van der Waals surface area contributed by atoms with Gasteiger partial charge in [-0.05, 0) is 35.2 Å². The molecule has 3 aromatic rings. The first-order valence-corrected chi connectivity index (χ1v) is 10.2. The highest BCUT2D eigenvalue weighted by atomic mass is 32.1. The Balaban J connectivity index is 1.45. The summed E-state index contributed by atoms with van der Waals surface area (Å²) in [5, 5.41) is 7.19. The van der Waals surface area contributed by atoms with Crippen LogP contribution in [0.5, 0.6) is 0 Å². The first-order valence-electron chi connectivity index (χ1n) is 8.50. The first kappa shape index (κ1) is 15.8. The van der Waals surface area contributed by atoms with Crippen molar-refractivity contribution in [3.63, 3.8) is 0 Å². The molecule has 1 amide bonds. The van der Waals surface area contributed by atoms with Crippen molar-refractivity contribution in [2.24, 2.45) is 5.92 Å². The zero-order chi connectivity index (χ0) is 16.4. The number of benzene rings is 1. The molecule has 0 spiro atoms. The Morgan fingerprint density at radius 1 is 1.21 bits per heavy atom. The number of nitrogens with one attached hydrogen (secondary N) is 1. The predicted molar refractivity (Wildman–Crippen MR) is 102 cm³/mol. The molecule has 1 aliphatic rings. The fourth-order valence-corrected chi connectivity index (χ4v) is 5.15. The fourth-order valence-electron chi connectivity index (χ4n) is 3.40. The molecule has 0 unspecified atom stereocenters. The average molecular weight is 357 g/mol. The number of nitrogens with zero attached hydrogens (tertiary/aromatic N) is 1. The molecule has 0 bridgehead atoms. The molecule has 2 aromatic heterocycles. The van der Waals surface area contributed by atoms with Gasteiger partial charge in [0.2, 0.25) is 5.91 Å². The van der Waals surface area contributed by atoms with Crippen LogP contribution in [0.1, 0.15) is 42.5 Å². The minimum atomic E-state index is 0.149. The molecule has 124 valence electrons. The van der Waals surface area contributed by atoms with Crippen LogP contribution in [0.25, 0.3) is 10.1 Å². The molecule has 0 radical (unpaired) electrons. The van der Waals surface area contributed by atoms with E-state index in [-0.39, 0.29) is 11.8 Å². The minimum absolute atomic E-state index is 0.149. The third-order valence-corrected chi connectivity index (χ3v) is 6.60. The zero-order valence-electron chi connectivity index (χ0n) is 13.5. The summed E-state index contributed by atoms with van der Waals surface area (Å²) in [5.41, 5.74) is 1.33. The summed E-state index contributed by atoms with van der Waals surface area (Å²) >= 11 is 3.38. The molecule has 4 rings (SSSR count). The number of thiazole rings is 1. The van der Waals surface area contributed by atoms with E-state index in [2.05, 4.69) is 39.9 Å². The standard InChI is InChI=1S/C19H20N2OS2/c22-18(14-5-2-1-3-6-14)21-19-20-12-16(24-19)11-15-8-4-7-13-9-10-23-17(13)15/h4,7-10,12,14H,1-3,5-6,11H2,(H,20,21,22). The highest BCUT2D eigenvalue weighted by molar-refractivity contribution is 7.17. The van der Waals surface area contributed by atoms with Crippen molar-refractivity contribution in [3.8, 4) is 0 Å². The van der Waals surface area contributed by atoms with Gasteiger partial charge in [0.15, 0.2) is 5.13 Å². The van der Waals surface area contributed by atoms with E-state index in [9.17, 15) is 4.79 Å². The van der Waals surface area contributed by atoms with Crippen LogP contribution in [-0.2, 0) is 11.2 Å². The lowest BCUT2D eigenvalue weighted by molar-refractivity contribution is -0.120. The predicted octanol–water partition coefficient (Wildman–Crippen LogP) is 5.47. The van der Waals surface area contributed by atoms with Gasteiger partial charge in [-0.25, -0.2) is 4.98 Å². The van der Waals surface area contributed by atoms with E-state index in [1.807, 2.05) is 6.20 Å². The second-order valence-electron chi connectivity index (χ2n) is 6.39. The van der Waals surface area contributed by atoms with Gasteiger partial charge in [0.1, 0.15) is 0 Å². The molecule has 1 aromatic carbocycles. The summed E-state index contributed by atoms with van der Waals surface area (Å²) in [7, 11) is 0. The van der Waals surface area contributed by atoms with Crippen LogP contribution in [0.2, 0.25) is 0 Å². The molecular formula is C19H20N2OS2. The van der Waals surface area contributed by atoms with Crippen LogP contribution in [0.15, 0.2) is 35.8 Å². The van der Waals surface area contributed by atoms with Crippen molar-refractivity contribution in [1.82, 2.24) is 4.98 Å². The van der Waals surface area contributed by atoms with Crippen LogP contribution in [0, 0.1) is 5.92 Å². The number of thiophene rings is 1. The molecule has 1 fully saturated rings. The number of hydrogen-bond acceptors (Lipinski definition) is 4. The van der Waals surface area contributed by atoms with Crippen LogP contribution in [-0.4, -0.2) is 10.9 Å². The Labute approximate surface area is 149 Å². The number of carbonyl (C=O) groups excluding carboxylic acids is 1. The van der Waals surface area contributed by atoms with Crippen molar-refractivity contribution in [3.05, 3.63) is 46.3 Å². The normalized spacial score (nSPS) is 15.7. The smallest absolute Gasteiger partial charge is 0.229 e. The quantitative estimate of drug-likeness (QED) is 0.674. The first-order chi connectivity index (χ1) is 11.8. The molecule has 2 heterocycles. The minimum Gasteiger partial charge on any atom is -0.302 e. The lowest BCUT2D eigenvalue weighted by Crippen LogP contribution is -2.24. The number of fused-ring (bicyclic) bond motifs is 1. The summed E-state index contributed by atoms with van der Waals surface area (Å²) in [5.74, 6) is 0.321. The van der Waals surface area contributed by atoms with Gasteiger partial charge in [-0.2, -0.15) is 0 Å². The van der Waals surface area contributed by atoms with Crippen LogP contribution < -0.4 is 5.32 Å². The molecule has 1 N–H and O–H groups in total. The maximum absolute atomic E-state index is 12.3. The number of aromatic nitrogens is 1. The Bertz CT molecular complexity index is 846. The topological polar surface area (TPSA) is 42.0 Å². The largest absolute Gasteiger partial charge is 0.302 e. The van der Waals surface area contributed by atoms with Crippen molar-refractivity contribution in [1.29, 1.82) is 0 Å². The van der Waals surface area contributed by atoms with Gasteiger partial charge in [-0.15, -0.1) is 22.7 Å². The average Bonchev–Trinajstić information content (AvgIpc) is 3.25. The molecule has 1 aliphatic carbocycles. The number of rotatable bonds is 4. The van der Waals surface area contributed by atoms with E-state index in [0.29, 0.717) is 0 Å². The van der Waals surface area contributed by atoms with Crippen molar-refractivity contribution < 1.29 is 4.79 Å². The van der Waals surface area contributed by atoms with E-state index < -0.39 is 0 Å². The molecule has 0 atom stereocenters. The molecule has 1 saturated carbocycles. The van der Waals surface area contributed by atoms with E-state index >= 15 is 0 Å². The summed E-state index contributed by atoms with van der Waals surface area (Å²) in [6, 6.07) is 8.60.